The van der Waals surface area contributed by atoms with Gasteiger partial charge < -0.3 is 20.3 Å². The maximum Gasteiger partial charge on any atom is 0.326 e. The second-order valence-electron chi connectivity index (χ2n) is 7.52. The molecule has 34 heavy (non-hydrogen) atoms. The molecule has 4 N–H and O–H groups in total. The van der Waals surface area contributed by atoms with Gasteiger partial charge in [-0.1, -0.05) is 36.0 Å². The molecule has 3 amide bonds. The number of carbonyl (C=O) groups is 5. The fraction of sp³-hybridized carbons (Fsp3) is 0.261. The highest BCUT2D eigenvalue weighted by molar-refractivity contribution is 8.15. The summed E-state index contributed by atoms with van der Waals surface area (Å²) in [4.78, 5) is 57.6. The van der Waals surface area contributed by atoms with Gasteiger partial charge in [0.25, 0.3) is 11.1 Å². The van der Waals surface area contributed by atoms with Gasteiger partial charge in [-0.2, -0.15) is 0 Å². The number of ether oxygens (including phenoxy) is 1. The number of nitrogens with one attached hydrogen (secondary N) is 2. The highest BCUT2D eigenvalue weighted by atomic mass is 32.2. The Kier molecular flexibility index (Phi) is 8.25. The van der Waals surface area contributed by atoms with Crippen LogP contribution in [0, 0.1) is 0 Å². The highest BCUT2D eigenvalue weighted by Crippen LogP contribution is 2.25. The number of thioether (sulfide) groups is 1. The summed E-state index contributed by atoms with van der Waals surface area (Å²) in [7, 11) is 0. The molecular weight excluding hydrogens is 464 g/mol. The zero-order valence-corrected chi connectivity index (χ0v) is 18.7. The summed E-state index contributed by atoms with van der Waals surface area (Å²) in [6.45, 7) is 0.128. The maximum absolute atomic E-state index is 12.5. The van der Waals surface area contributed by atoms with E-state index in [0.29, 0.717) is 17.7 Å². The second-order valence-corrected chi connectivity index (χ2v) is 8.70. The normalized spacial score (nSPS) is 15.9. The van der Waals surface area contributed by atoms with Gasteiger partial charge in [0.05, 0.1) is 5.25 Å². The quantitative estimate of drug-likeness (QED) is 0.373. The minimum atomic E-state index is -1.32. The fourth-order valence-corrected chi connectivity index (χ4v) is 4.10. The predicted molar refractivity (Wildman–Crippen MR) is 122 cm³/mol. The van der Waals surface area contributed by atoms with Gasteiger partial charge >= 0.3 is 11.9 Å². The fourth-order valence-electron chi connectivity index (χ4n) is 3.24. The van der Waals surface area contributed by atoms with Crippen molar-refractivity contribution in [3.8, 4) is 5.75 Å². The summed E-state index contributed by atoms with van der Waals surface area (Å²) >= 11 is 0.955. The molecule has 1 unspecified atom stereocenters. The lowest BCUT2D eigenvalue weighted by molar-refractivity contribution is -0.140. The van der Waals surface area contributed by atoms with E-state index in [1.165, 1.54) is 6.07 Å². The van der Waals surface area contributed by atoms with E-state index in [1.807, 2.05) is 6.07 Å². The van der Waals surface area contributed by atoms with Crippen molar-refractivity contribution >= 4 is 40.8 Å². The van der Waals surface area contributed by atoms with Crippen LogP contribution in [0.2, 0.25) is 0 Å². The first-order valence-electron chi connectivity index (χ1n) is 10.3. The van der Waals surface area contributed by atoms with Crippen molar-refractivity contribution in [3.05, 3.63) is 65.2 Å². The molecule has 11 heteroatoms. The number of hydrogen-bond acceptors (Lipinski definition) is 7. The predicted octanol–water partition coefficient (Wildman–Crippen LogP) is 2.21. The zero-order valence-electron chi connectivity index (χ0n) is 17.9. The van der Waals surface area contributed by atoms with Crippen molar-refractivity contribution in [2.45, 2.75) is 37.2 Å². The van der Waals surface area contributed by atoms with Crippen molar-refractivity contribution < 1.29 is 38.9 Å². The molecule has 2 aromatic rings. The molecule has 0 bridgehead atoms. The van der Waals surface area contributed by atoms with E-state index in [2.05, 4.69) is 10.6 Å². The van der Waals surface area contributed by atoms with Crippen LogP contribution in [0.25, 0.3) is 0 Å². The van der Waals surface area contributed by atoms with Gasteiger partial charge in [0.1, 0.15) is 18.4 Å². The zero-order chi connectivity index (χ0) is 24.7. The average molecular weight is 487 g/mol. The number of aliphatic carboxylic acids is 2. The first-order chi connectivity index (χ1) is 16.2. The second kappa shape index (κ2) is 11.3. The Labute approximate surface area is 198 Å². The molecule has 1 aliphatic rings. The standard InChI is InChI=1S/C23H22N2O8S/c26-19(27)8-7-17(22(30)31)24-20(28)15-5-1-4-14(9-15)12-33-16-6-2-3-13(10-16)11-18-21(29)25-23(32)34-18/h1-6,9-10,17-18H,7-8,11-12H2,(H,24,28)(H,26,27)(H,30,31)(H,25,29,32)/t17-,18?/m1/s1. The minimum Gasteiger partial charge on any atom is -0.489 e. The molecule has 1 saturated heterocycles. The Balaban J connectivity index is 1.59. The van der Waals surface area contributed by atoms with Crippen LogP contribution in [-0.4, -0.2) is 50.5 Å². The molecule has 178 valence electrons. The van der Waals surface area contributed by atoms with Crippen LogP contribution in [0.15, 0.2) is 48.5 Å². The first-order valence-corrected chi connectivity index (χ1v) is 11.2. The average Bonchev–Trinajstić information content (AvgIpc) is 3.11. The molecule has 2 aromatic carbocycles. The third kappa shape index (κ3) is 7.07. The highest BCUT2D eigenvalue weighted by Gasteiger charge is 2.31. The lowest BCUT2D eigenvalue weighted by atomic mass is 10.1. The summed E-state index contributed by atoms with van der Waals surface area (Å²) in [6.07, 6.45) is -0.239. The first kappa shape index (κ1) is 24.8. The Hall–Kier alpha value is -3.86. The van der Waals surface area contributed by atoms with E-state index in [0.717, 1.165) is 17.3 Å². The van der Waals surface area contributed by atoms with Crippen LogP contribution in [0.5, 0.6) is 5.75 Å². The number of carboxylic acids is 2. The van der Waals surface area contributed by atoms with Crippen LogP contribution in [0.3, 0.4) is 0 Å². The minimum absolute atomic E-state index is 0.128. The van der Waals surface area contributed by atoms with E-state index in [9.17, 15) is 29.1 Å². The molecule has 0 aliphatic carbocycles. The van der Waals surface area contributed by atoms with Crippen molar-refractivity contribution in [2.75, 3.05) is 0 Å². The Morgan fingerprint density at radius 3 is 2.47 bits per heavy atom. The molecule has 3 rings (SSSR count). The number of hydrogen-bond donors (Lipinski definition) is 4. The van der Waals surface area contributed by atoms with Crippen LogP contribution in [0.4, 0.5) is 4.79 Å². The van der Waals surface area contributed by atoms with E-state index in [4.69, 9.17) is 9.84 Å². The summed E-state index contributed by atoms with van der Waals surface area (Å²) in [6, 6.07) is 12.2. The van der Waals surface area contributed by atoms with Crippen molar-refractivity contribution in [2.24, 2.45) is 0 Å². The number of benzene rings is 2. The monoisotopic (exact) mass is 486 g/mol. The van der Waals surface area contributed by atoms with Gasteiger partial charge in [-0.15, -0.1) is 0 Å². The van der Waals surface area contributed by atoms with E-state index in [-0.39, 0.29) is 36.2 Å². The molecule has 1 heterocycles. The van der Waals surface area contributed by atoms with Crippen LogP contribution in [-0.2, 0) is 27.4 Å². The van der Waals surface area contributed by atoms with E-state index in [1.54, 1.807) is 36.4 Å². The van der Waals surface area contributed by atoms with Crippen LogP contribution < -0.4 is 15.4 Å². The molecule has 0 spiro atoms. The largest absolute Gasteiger partial charge is 0.489 e. The third-order valence-corrected chi connectivity index (χ3v) is 5.91. The van der Waals surface area contributed by atoms with Gasteiger partial charge in [0.2, 0.25) is 5.91 Å². The summed E-state index contributed by atoms with van der Waals surface area (Å²) in [5.41, 5.74) is 1.70. The van der Waals surface area contributed by atoms with Crippen molar-refractivity contribution in [1.82, 2.24) is 10.6 Å². The van der Waals surface area contributed by atoms with Crippen molar-refractivity contribution in [3.63, 3.8) is 0 Å². The van der Waals surface area contributed by atoms with Gasteiger partial charge in [-0.3, -0.25) is 24.5 Å². The van der Waals surface area contributed by atoms with Gasteiger partial charge in [0.15, 0.2) is 0 Å². The van der Waals surface area contributed by atoms with Crippen molar-refractivity contribution in [1.29, 1.82) is 0 Å². The smallest absolute Gasteiger partial charge is 0.326 e. The topological polar surface area (TPSA) is 159 Å². The molecule has 0 radical (unpaired) electrons. The van der Waals surface area contributed by atoms with Gasteiger partial charge in [-0.05, 0) is 48.2 Å². The number of rotatable bonds is 11. The third-order valence-electron chi connectivity index (χ3n) is 4.93. The number of carbonyl (C=O) groups excluding carboxylic acids is 3. The molecule has 10 nitrogen and oxygen atoms in total. The molecule has 1 fully saturated rings. The van der Waals surface area contributed by atoms with Gasteiger partial charge in [-0.25, -0.2) is 4.79 Å². The Bertz CT molecular complexity index is 1120. The lowest BCUT2D eigenvalue weighted by Gasteiger charge is -2.14. The lowest BCUT2D eigenvalue weighted by Crippen LogP contribution is -2.41. The molecule has 1 aliphatic heterocycles. The summed E-state index contributed by atoms with van der Waals surface area (Å²) < 4.78 is 5.80. The number of imide groups is 1. The molecular formula is C23H22N2O8S. The summed E-state index contributed by atoms with van der Waals surface area (Å²) in [5.74, 6) is -2.87. The SMILES string of the molecule is O=C(O)CC[C@@H](NC(=O)c1cccc(COc2cccc(CC3SC(=O)NC3=O)c2)c1)C(=O)O. The van der Waals surface area contributed by atoms with E-state index >= 15 is 0 Å². The molecule has 0 saturated carbocycles. The Morgan fingerprint density at radius 2 is 1.79 bits per heavy atom. The van der Waals surface area contributed by atoms with Crippen LogP contribution >= 0.6 is 11.8 Å². The molecule has 2 atom stereocenters. The molecule has 0 aromatic heterocycles. The van der Waals surface area contributed by atoms with E-state index < -0.39 is 29.1 Å². The van der Waals surface area contributed by atoms with Gasteiger partial charge in [0, 0.05) is 12.0 Å². The number of carboxylic acid groups (broad SMARTS) is 2. The number of amides is 3. The summed E-state index contributed by atoms with van der Waals surface area (Å²) in [5, 5.41) is 21.7. The van der Waals surface area contributed by atoms with Crippen LogP contribution in [0.1, 0.15) is 34.3 Å². The maximum atomic E-state index is 12.5. The Morgan fingerprint density at radius 1 is 1.06 bits per heavy atom.